The van der Waals surface area contributed by atoms with Crippen LogP contribution in [0.3, 0.4) is 0 Å². The average Bonchev–Trinajstić information content (AvgIpc) is 2.43. The van der Waals surface area contributed by atoms with Gasteiger partial charge in [0, 0.05) is 10.6 Å². The minimum absolute atomic E-state index is 0.0122. The summed E-state index contributed by atoms with van der Waals surface area (Å²) in [7, 11) is -1.48. The van der Waals surface area contributed by atoms with E-state index in [1.807, 2.05) is 19.1 Å². The van der Waals surface area contributed by atoms with Crippen molar-refractivity contribution in [2.24, 2.45) is 0 Å². The van der Waals surface area contributed by atoms with Crippen molar-refractivity contribution in [3.63, 3.8) is 0 Å². The van der Waals surface area contributed by atoms with Gasteiger partial charge in [-0.05, 0) is 36.8 Å². The summed E-state index contributed by atoms with van der Waals surface area (Å²) >= 11 is 0. The zero-order valence-corrected chi connectivity index (χ0v) is 12.2. The molecule has 1 atom stereocenters. The average molecular weight is 306 g/mol. The van der Waals surface area contributed by atoms with Crippen LogP contribution in [0.4, 0.5) is 15.8 Å². The molecule has 1 amide bonds. The van der Waals surface area contributed by atoms with Crippen LogP contribution in [0.25, 0.3) is 0 Å². The van der Waals surface area contributed by atoms with Crippen molar-refractivity contribution in [1.29, 1.82) is 0 Å². The van der Waals surface area contributed by atoms with E-state index in [2.05, 4.69) is 5.32 Å². The van der Waals surface area contributed by atoms with Crippen LogP contribution in [-0.2, 0) is 15.6 Å². The Balaban J connectivity index is 2.07. The van der Waals surface area contributed by atoms with Crippen molar-refractivity contribution in [3.8, 4) is 0 Å². The minimum atomic E-state index is -1.48. The number of carbonyl (C=O) groups is 1. The van der Waals surface area contributed by atoms with Crippen molar-refractivity contribution >= 4 is 28.1 Å². The normalized spacial score (nSPS) is 11.9. The van der Waals surface area contributed by atoms with E-state index < -0.39 is 22.5 Å². The maximum atomic E-state index is 13.5. The Kier molecular flexibility index (Phi) is 4.70. The van der Waals surface area contributed by atoms with E-state index in [1.165, 1.54) is 18.2 Å². The number of amides is 1. The van der Waals surface area contributed by atoms with Crippen molar-refractivity contribution in [2.45, 2.75) is 11.8 Å². The molecule has 2 rings (SSSR count). The van der Waals surface area contributed by atoms with Crippen LogP contribution in [0.1, 0.15) is 5.56 Å². The number of aryl methyl sites for hydroxylation is 1. The third-order valence-electron chi connectivity index (χ3n) is 2.87. The fourth-order valence-corrected chi connectivity index (χ4v) is 2.96. The second-order valence-corrected chi connectivity index (χ2v) is 5.96. The molecule has 0 fully saturated rings. The Morgan fingerprint density at radius 2 is 2.00 bits per heavy atom. The molecule has 0 saturated heterocycles. The molecule has 0 heterocycles. The lowest BCUT2D eigenvalue weighted by Crippen LogP contribution is -2.20. The predicted molar refractivity (Wildman–Crippen MR) is 81.9 cm³/mol. The Hall–Kier alpha value is -2.21. The summed E-state index contributed by atoms with van der Waals surface area (Å²) in [5.41, 5.74) is 6.71. The summed E-state index contributed by atoms with van der Waals surface area (Å²) < 4.78 is 25.7. The van der Waals surface area contributed by atoms with Crippen LogP contribution in [-0.4, -0.2) is 15.9 Å². The zero-order valence-electron chi connectivity index (χ0n) is 11.4. The number of nitrogens with one attached hydrogen (secondary N) is 1. The van der Waals surface area contributed by atoms with E-state index in [1.54, 1.807) is 12.1 Å². The second-order valence-electron chi connectivity index (χ2n) is 4.54. The Labute approximate surface area is 124 Å². The molecule has 1 unspecified atom stereocenters. The van der Waals surface area contributed by atoms with Gasteiger partial charge in [0.25, 0.3) is 0 Å². The van der Waals surface area contributed by atoms with E-state index in [4.69, 9.17) is 5.73 Å². The molecule has 0 aliphatic carbocycles. The summed E-state index contributed by atoms with van der Waals surface area (Å²) in [6.07, 6.45) is 0. The van der Waals surface area contributed by atoms with E-state index in [-0.39, 0.29) is 11.4 Å². The summed E-state index contributed by atoms with van der Waals surface area (Å²) in [4.78, 5) is 12.5. The van der Waals surface area contributed by atoms with Crippen LogP contribution >= 0.6 is 0 Å². The molecule has 4 nitrogen and oxygen atoms in total. The molecule has 6 heteroatoms. The van der Waals surface area contributed by atoms with Gasteiger partial charge in [-0.15, -0.1) is 0 Å². The highest BCUT2D eigenvalue weighted by molar-refractivity contribution is 7.85. The lowest BCUT2D eigenvalue weighted by atomic mass is 10.2. The van der Waals surface area contributed by atoms with Crippen LogP contribution < -0.4 is 11.1 Å². The van der Waals surface area contributed by atoms with Crippen molar-refractivity contribution in [2.75, 3.05) is 16.8 Å². The van der Waals surface area contributed by atoms with Crippen LogP contribution in [0.2, 0.25) is 0 Å². The van der Waals surface area contributed by atoms with Gasteiger partial charge in [-0.2, -0.15) is 0 Å². The molecule has 110 valence electrons. The highest BCUT2D eigenvalue weighted by atomic mass is 32.2. The monoisotopic (exact) mass is 306 g/mol. The van der Waals surface area contributed by atoms with Gasteiger partial charge in [0.05, 0.1) is 16.5 Å². The van der Waals surface area contributed by atoms with Gasteiger partial charge in [-0.1, -0.05) is 18.2 Å². The highest BCUT2D eigenvalue weighted by Gasteiger charge is 2.13. The van der Waals surface area contributed by atoms with Crippen LogP contribution in [0.15, 0.2) is 47.4 Å². The first-order valence-electron chi connectivity index (χ1n) is 6.26. The molecule has 0 radical (unpaired) electrons. The SMILES string of the molecule is Cc1ccccc1S(=O)CC(=O)Nc1cc(N)ccc1F. The molecule has 2 aromatic rings. The number of benzene rings is 2. The third-order valence-corrected chi connectivity index (χ3v) is 4.34. The Morgan fingerprint density at radius 1 is 1.29 bits per heavy atom. The number of anilines is 2. The van der Waals surface area contributed by atoms with Crippen molar-refractivity contribution in [1.82, 2.24) is 0 Å². The molecule has 2 aromatic carbocycles. The zero-order chi connectivity index (χ0) is 15.4. The van der Waals surface area contributed by atoms with Gasteiger partial charge in [0.2, 0.25) is 5.91 Å². The molecular formula is C15H15FN2O2S. The summed E-state index contributed by atoms with van der Waals surface area (Å²) in [6, 6.07) is 11.0. The highest BCUT2D eigenvalue weighted by Crippen LogP contribution is 2.18. The van der Waals surface area contributed by atoms with E-state index in [0.717, 1.165) is 5.56 Å². The lowest BCUT2D eigenvalue weighted by Gasteiger charge is -2.08. The van der Waals surface area contributed by atoms with Crippen molar-refractivity contribution in [3.05, 3.63) is 53.8 Å². The number of rotatable bonds is 4. The molecule has 21 heavy (non-hydrogen) atoms. The fourth-order valence-electron chi connectivity index (χ4n) is 1.83. The molecule has 3 N–H and O–H groups in total. The van der Waals surface area contributed by atoms with Gasteiger partial charge in [0.1, 0.15) is 11.6 Å². The van der Waals surface area contributed by atoms with Crippen LogP contribution in [0.5, 0.6) is 0 Å². The van der Waals surface area contributed by atoms with Crippen molar-refractivity contribution < 1.29 is 13.4 Å². The molecule has 0 spiro atoms. The standard InChI is InChI=1S/C15H15FN2O2S/c1-10-4-2-3-5-14(10)21(20)9-15(19)18-13-8-11(17)6-7-12(13)16/h2-8H,9,17H2,1H3,(H,18,19). The minimum Gasteiger partial charge on any atom is -0.399 e. The molecule has 0 aliphatic rings. The number of nitrogen functional groups attached to an aromatic ring is 1. The topological polar surface area (TPSA) is 72.2 Å². The van der Waals surface area contributed by atoms with Gasteiger partial charge < -0.3 is 11.1 Å². The van der Waals surface area contributed by atoms with E-state index >= 15 is 0 Å². The number of carbonyl (C=O) groups excluding carboxylic acids is 1. The van der Waals surface area contributed by atoms with E-state index in [0.29, 0.717) is 10.6 Å². The quantitative estimate of drug-likeness (QED) is 0.852. The maximum Gasteiger partial charge on any atom is 0.237 e. The van der Waals surface area contributed by atoms with Gasteiger partial charge in [0.15, 0.2) is 0 Å². The maximum absolute atomic E-state index is 13.5. The summed E-state index contributed by atoms with van der Waals surface area (Å²) in [5, 5.41) is 2.38. The van der Waals surface area contributed by atoms with Gasteiger partial charge in [-0.25, -0.2) is 4.39 Å². The predicted octanol–water partition coefficient (Wildman–Crippen LogP) is 2.46. The number of halogens is 1. The molecular weight excluding hydrogens is 291 g/mol. The second kappa shape index (κ2) is 6.49. The first-order chi connectivity index (χ1) is 9.97. The first-order valence-corrected chi connectivity index (χ1v) is 7.58. The van der Waals surface area contributed by atoms with Gasteiger partial charge >= 0.3 is 0 Å². The van der Waals surface area contributed by atoms with Gasteiger partial charge in [-0.3, -0.25) is 9.00 Å². The van der Waals surface area contributed by atoms with E-state index in [9.17, 15) is 13.4 Å². The Bertz CT molecular complexity index is 704. The molecule has 0 aromatic heterocycles. The molecule has 0 bridgehead atoms. The number of nitrogens with two attached hydrogens (primary N) is 1. The molecule has 0 saturated carbocycles. The Morgan fingerprint density at radius 3 is 2.71 bits per heavy atom. The fraction of sp³-hybridized carbons (Fsp3) is 0.133. The third kappa shape index (κ3) is 3.88. The smallest absolute Gasteiger partial charge is 0.237 e. The first kappa shape index (κ1) is 15.2. The summed E-state index contributed by atoms with van der Waals surface area (Å²) in [6.45, 7) is 1.82. The summed E-state index contributed by atoms with van der Waals surface area (Å²) in [5.74, 6) is -1.35. The largest absolute Gasteiger partial charge is 0.399 e. The lowest BCUT2D eigenvalue weighted by molar-refractivity contribution is -0.113. The number of hydrogen-bond donors (Lipinski definition) is 2. The molecule has 0 aliphatic heterocycles. The number of hydrogen-bond acceptors (Lipinski definition) is 3. The van der Waals surface area contributed by atoms with Crippen LogP contribution in [0, 0.1) is 12.7 Å².